The van der Waals surface area contributed by atoms with Gasteiger partial charge in [-0.05, 0) is 25.2 Å². The zero-order chi connectivity index (χ0) is 11.6. The van der Waals surface area contributed by atoms with Crippen LogP contribution >= 0.6 is 0 Å². The Kier molecular flexibility index (Phi) is 7.87. The molecule has 0 aliphatic heterocycles. The van der Waals surface area contributed by atoms with Crippen molar-refractivity contribution in [3.63, 3.8) is 0 Å². The summed E-state index contributed by atoms with van der Waals surface area (Å²) in [6.07, 6.45) is 15.3. The third-order valence-electron chi connectivity index (χ3n) is 4.05. The highest BCUT2D eigenvalue weighted by atomic mass is 15.2. The molecule has 0 amide bonds. The van der Waals surface area contributed by atoms with E-state index in [0.717, 1.165) is 5.92 Å². The van der Waals surface area contributed by atoms with Gasteiger partial charge in [0, 0.05) is 6.04 Å². The van der Waals surface area contributed by atoms with Crippen LogP contribution in [0.5, 0.6) is 0 Å². The predicted molar refractivity (Wildman–Crippen MR) is 71.1 cm³/mol. The lowest BCUT2D eigenvalue weighted by atomic mass is 9.78. The molecular weight excluding hydrogens is 196 g/mol. The molecule has 16 heavy (non-hydrogen) atoms. The number of nitrogens with one attached hydrogen (secondary N) is 1. The Morgan fingerprint density at radius 2 is 1.69 bits per heavy atom. The van der Waals surface area contributed by atoms with Crippen molar-refractivity contribution in [3.8, 4) is 0 Å². The number of unbranched alkanes of at least 4 members (excludes halogenated alkanes) is 6. The van der Waals surface area contributed by atoms with Crippen LogP contribution in [0.15, 0.2) is 0 Å². The second-order valence-corrected chi connectivity index (χ2v) is 5.37. The van der Waals surface area contributed by atoms with Gasteiger partial charge < -0.3 is 0 Å². The normalized spacial score (nSPS) is 18.4. The van der Waals surface area contributed by atoms with E-state index in [9.17, 15) is 0 Å². The molecule has 1 fully saturated rings. The van der Waals surface area contributed by atoms with E-state index in [2.05, 4.69) is 12.3 Å². The molecular formula is C14H30N2. The monoisotopic (exact) mass is 226 g/mol. The molecule has 1 unspecified atom stereocenters. The molecule has 0 bridgehead atoms. The first-order valence-electron chi connectivity index (χ1n) is 7.34. The summed E-state index contributed by atoms with van der Waals surface area (Å²) < 4.78 is 0. The second-order valence-electron chi connectivity index (χ2n) is 5.37. The molecule has 2 nitrogen and oxygen atoms in total. The first-order chi connectivity index (χ1) is 7.88. The van der Waals surface area contributed by atoms with Crippen LogP contribution in [0.4, 0.5) is 0 Å². The zero-order valence-corrected chi connectivity index (χ0v) is 11.0. The molecule has 1 saturated carbocycles. The Morgan fingerprint density at radius 1 is 1.06 bits per heavy atom. The summed E-state index contributed by atoms with van der Waals surface area (Å²) in [5.74, 6) is 6.49. The van der Waals surface area contributed by atoms with E-state index in [1.807, 2.05) is 0 Å². The zero-order valence-electron chi connectivity index (χ0n) is 11.0. The maximum atomic E-state index is 5.61. The van der Waals surface area contributed by atoms with Gasteiger partial charge in [0.05, 0.1) is 0 Å². The Labute approximate surface area is 101 Å². The number of rotatable bonds is 10. The van der Waals surface area contributed by atoms with Crippen molar-refractivity contribution in [3.05, 3.63) is 0 Å². The number of hydrogen-bond acceptors (Lipinski definition) is 2. The Bertz CT molecular complexity index is 155. The summed E-state index contributed by atoms with van der Waals surface area (Å²) >= 11 is 0. The van der Waals surface area contributed by atoms with Gasteiger partial charge in [-0.25, -0.2) is 0 Å². The van der Waals surface area contributed by atoms with Gasteiger partial charge in [-0.1, -0.05) is 58.3 Å². The van der Waals surface area contributed by atoms with Crippen molar-refractivity contribution in [2.24, 2.45) is 11.8 Å². The Morgan fingerprint density at radius 3 is 2.19 bits per heavy atom. The molecule has 0 spiro atoms. The molecule has 1 aliphatic carbocycles. The van der Waals surface area contributed by atoms with Crippen LogP contribution in [0, 0.1) is 5.92 Å². The Hall–Kier alpha value is -0.0800. The second kappa shape index (κ2) is 9.00. The molecule has 1 rings (SSSR count). The lowest BCUT2D eigenvalue weighted by Gasteiger charge is -2.33. The SMILES string of the molecule is CCCCCCCCCC(NN)C1CCC1. The van der Waals surface area contributed by atoms with E-state index in [0.29, 0.717) is 6.04 Å². The number of hydrogen-bond donors (Lipinski definition) is 2. The van der Waals surface area contributed by atoms with Crippen molar-refractivity contribution >= 4 is 0 Å². The molecule has 1 aliphatic rings. The highest BCUT2D eigenvalue weighted by Gasteiger charge is 2.25. The Balaban J connectivity index is 1.88. The smallest absolute Gasteiger partial charge is 0.0238 e. The van der Waals surface area contributed by atoms with E-state index < -0.39 is 0 Å². The van der Waals surface area contributed by atoms with Gasteiger partial charge in [0.1, 0.15) is 0 Å². The van der Waals surface area contributed by atoms with Gasteiger partial charge in [0.15, 0.2) is 0 Å². The fourth-order valence-electron chi connectivity index (χ4n) is 2.62. The highest BCUT2D eigenvalue weighted by molar-refractivity contribution is 4.81. The molecule has 96 valence electrons. The highest BCUT2D eigenvalue weighted by Crippen LogP contribution is 2.31. The van der Waals surface area contributed by atoms with Gasteiger partial charge >= 0.3 is 0 Å². The topological polar surface area (TPSA) is 38.0 Å². The average molecular weight is 226 g/mol. The van der Waals surface area contributed by atoms with Gasteiger partial charge in [-0.15, -0.1) is 0 Å². The van der Waals surface area contributed by atoms with Crippen molar-refractivity contribution in [2.75, 3.05) is 0 Å². The van der Waals surface area contributed by atoms with Gasteiger partial charge in [0.25, 0.3) is 0 Å². The fourth-order valence-corrected chi connectivity index (χ4v) is 2.62. The largest absolute Gasteiger partial charge is 0.271 e. The third kappa shape index (κ3) is 5.31. The van der Waals surface area contributed by atoms with Crippen LogP contribution in [0.3, 0.4) is 0 Å². The summed E-state index contributed by atoms with van der Waals surface area (Å²) in [5.41, 5.74) is 3.02. The van der Waals surface area contributed by atoms with Crippen LogP contribution in [0.25, 0.3) is 0 Å². The van der Waals surface area contributed by atoms with E-state index >= 15 is 0 Å². The first kappa shape index (κ1) is 14.0. The maximum absolute atomic E-state index is 5.61. The van der Waals surface area contributed by atoms with Crippen molar-refractivity contribution < 1.29 is 0 Å². The van der Waals surface area contributed by atoms with E-state index in [4.69, 9.17) is 5.84 Å². The van der Waals surface area contributed by atoms with Crippen LogP contribution < -0.4 is 11.3 Å². The van der Waals surface area contributed by atoms with Crippen molar-refractivity contribution in [2.45, 2.75) is 83.6 Å². The molecule has 0 saturated heterocycles. The lowest BCUT2D eigenvalue weighted by Crippen LogP contribution is -2.43. The minimum absolute atomic E-state index is 0.601. The van der Waals surface area contributed by atoms with Crippen molar-refractivity contribution in [1.29, 1.82) is 0 Å². The summed E-state index contributed by atoms with van der Waals surface area (Å²) in [6.45, 7) is 2.27. The average Bonchev–Trinajstić information content (AvgIpc) is 2.23. The van der Waals surface area contributed by atoms with E-state index in [1.165, 1.54) is 70.6 Å². The maximum Gasteiger partial charge on any atom is 0.0238 e. The molecule has 0 aromatic rings. The summed E-state index contributed by atoms with van der Waals surface area (Å²) in [5, 5.41) is 0. The third-order valence-corrected chi connectivity index (χ3v) is 4.05. The number of hydrazine groups is 1. The minimum atomic E-state index is 0.601. The van der Waals surface area contributed by atoms with Crippen LogP contribution in [0.1, 0.15) is 77.6 Å². The molecule has 0 radical (unpaired) electrons. The fraction of sp³-hybridized carbons (Fsp3) is 1.00. The summed E-state index contributed by atoms with van der Waals surface area (Å²) in [4.78, 5) is 0. The number of nitrogens with two attached hydrogens (primary N) is 1. The van der Waals surface area contributed by atoms with Crippen LogP contribution in [-0.4, -0.2) is 6.04 Å². The standard InChI is InChI=1S/C14H30N2/c1-2-3-4-5-6-7-8-12-14(16-15)13-10-9-11-13/h13-14,16H,2-12,15H2,1H3. The van der Waals surface area contributed by atoms with E-state index in [1.54, 1.807) is 0 Å². The van der Waals surface area contributed by atoms with Crippen LogP contribution in [0.2, 0.25) is 0 Å². The van der Waals surface area contributed by atoms with E-state index in [-0.39, 0.29) is 0 Å². The quantitative estimate of drug-likeness (QED) is 0.338. The molecule has 3 N–H and O–H groups in total. The van der Waals surface area contributed by atoms with Gasteiger partial charge in [-0.2, -0.15) is 0 Å². The minimum Gasteiger partial charge on any atom is -0.271 e. The lowest BCUT2D eigenvalue weighted by molar-refractivity contribution is 0.217. The molecule has 2 heteroatoms. The molecule has 0 aromatic heterocycles. The molecule has 0 heterocycles. The summed E-state index contributed by atoms with van der Waals surface area (Å²) in [6, 6.07) is 0.601. The van der Waals surface area contributed by atoms with Gasteiger partial charge in [0.2, 0.25) is 0 Å². The van der Waals surface area contributed by atoms with Crippen molar-refractivity contribution in [1.82, 2.24) is 5.43 Å². The summed E-state index contributed by atoms with van der Waals surface area (Å²) in [7, 11) is 0. The van der Waals surface area contributed by atoms with Crippen LogP contribution in [-0.2, 0) is 0 Å². The van der Waals surface area contributed by atoms with Gasteiger partial charge in [-0.3, -0.25) is 11.3 Å². The first-order valence-corrected chi connectivity index (χ1v) is 7.34. The molecule has 0 aromatic carbocycles. The predicted octanol–water partition coefficient (Wildman–Crippen LogP) is 3.76. The molecule has 1 atom stereocenters.